The minimum Gasteiger partial charge on any atom is -0.273 e. The number of thioether (sulfide) groups is 1. The normalized spacial score (nSPS) is 20.4. The van der Waals surface area contributed by atoms with E-state index in [1.807, 2.05) is 6.07 Å². The number of carbonyl (C=O) groups excluding carboxylic acids is 1. The molecule has 5 nitrogen and oxygen atoms in total. The lowest BCUT2D eigenvalue weighted by molar-refractivity contribution is -0.116. The van der Waals surface area contributed by atoms with Gasteiger partial charge in [-0.15, -0.1) is 15.7 Å². The molecule has 0 radical (unpaired) electrons. The Kier molecular flexibility index (Phi) is 4.50. The quantitative estimate of drug-likeness (QED) is 0.808. The molecule has 9 heteroatoms. The van der Waals surface area contributed by atoms with Crippen LogP contribution in [-0.4, -0.2) is 24.7 Å². The minimum absolute atomic E-state index is 0.0515. The Morgan fingerprint density at radius 2 is 1.87 bits per heavy atom. The molecule has 120 valence electrons. The van der Waals surface area contributed by atoms with Crippen LogP contribution in [0.1, 0.15) is 6.92 Å². The Morgan fingerprint density at radius 1 is 1.17 bits per heavy atom. The minimum atomic E-state index is -3.90. The molecule has 1 unspecified atom stereocenters. The molecule has 0 saturated carbocycles. The van der Waals surface area contributed by atoms with E-state index in [0.29, 0.717) is 10.0 Å². The van der Waals surface area contributed by atoms with Crippen LogP contribution in [-0.2, 0) is 14.8 Å². The standard InChI is InChI=1S/C14H11ClN2O3S3/c1-9-13(18)17(10-5-3-2-4-6-10)14(21-9)16-23(19,20)12-8-7-11(15)22-12/h2-9H,1H3/b16-14+. The lowest BCUT2D eigenvalue weighted by Gasteiger charge is -2.15. The van der Waals surface area contributed by atoms with Crippen LogP contribution in [0.2, 0.25) is 4.34 Å². The molecule has 1 aliphatic heterocycles. The second kappa shape index (κ2) is 6.27. The monoisotopic (exact) mass is 386 g/mol. The van der Waals surface area contributed by atoms with Gasteiger partial charge in [-0.2, -0.15) is 8.42 Å². The third-order valence-electron chi connectivity index (χ3n) is 3.06. The number of halogens is 1. The lowest BCUT2D eigenvalue weighted by atomic mass is 10.3. The van der Waals surface area contributed by atoms with Gasteiger partial charge in [0.15, 0.2) is 5.17 Å². The van der Waals surface area contributed by atoms with Gasteiger partial charge in [0.25, 0.3) is 10.0 Å². The molecule has 2 heterocycles. The maximum atomic E-state index is 12.4. The van der Waals surface area contributed by atoms with Crippen LogP contribution >= 0.6 is 34.7 Å². The van der Waals surface area contributed by atoms with E-state index >= 15 is 0 Å². The topological polar surface area (TPSA) is 66.8 Å². The summed E-state index contributed by atoms with van der Waals surface area (Å²) in [6, 6.07) is 11.8. The highest BCUT2D eigenvalue weighted by Crippen LogP contribution is 2.34. The summed E-state index contributed by atoms with van der Waals surface area (Å²) >= 11 is 7.85. The fourth-order valence-corrected chi connectivity index (χ4v) is 5.62. The molecule has 1 aromatic heterocycles. The first-order valence-corrected chi connectivity index (χ1v) is 10.1. The maximum Gasteiger partial charge on any atom is 0.294 e. The summed E-state index contributed by atoms with van der Waals surface area (Å²) in [5.41, 5.74) is 0.590. The zero-order valence-corrected chi connectivity index (χ0v) is 15.0. The van der Waals surface area contributed by atoms with Crippen LogP contribution in [0.4, 0.5) is 5.69 Å². The lowest BCUT2D eigenvalue weighted by Crippen LogP contribution is -2.31. The number of rotatable bonds is 3. The average Bonchev–Trinajstić information content (AvgIpc) is 3.05. The summed E-state index contributed by atoms with van der Waals surface area (Å²) in [5.74, 6) is -0.195. The average molecular weight is 387 g/mol. The van der Waals surface area contributed by atoms with Crippen LogP contribution in [0.3, 0.4) is 0 Å². The number of para-hydroxylation sites is 1. The first-order valence-electron chi connectivity index (χ1n) is 6.54. The molecule has 0 aliphatic carbocycles. The Labute approximate surface area is 147 Å². The van der Waals surface area contributed by atoms with E-state index in [-0.39, 0.29) is 15.3 Å². The van der Waals surface area contributed by atoms with Crippen molar-refractivity contribution in [3.8, 4) is 0 Å². The Balaban J connectivity index is 2.05. The first kappa shape index (κ1) is 16.5. The van der Waals surface area contributed by atoms with Gasteiger partial charge in [0.05, 0.1) is 15.3 Å². The van der Waals surface area contributed by atoms with Crippen LogP contribution in [0, 0.1) is 0 Å². The molecule has 0 spiro atoms. The highest BCUT2D eigenvalue weighted by molar-refractivity contribution is 8.16. The number of carbonyl (C=O) groups is 1. The Morgan fingerprint density at radius 3 is 2.48 bits per heavy atom. The summed E-state index contributed by atoms with van der Waals surface area (Å²) in [4.78, 5) is 13.7. The molecule has 1 aliphatic rings. The molecule has 0 N–H and O–H groups in total. The molecule has 1 aromatic carbocycles. The van der Waals surface area contributed by atoms with E-state index in [1.165, 1.54) is 17.0 Å². The van der Waals surface area contributed by atoms with Crippen molar-refractivity contribution in [3.63, 3.8) is 0 Å². The number of nitrogens with zero attached hydrogens (tertiary/aromatic N) is 2. The fourth-order valence-electron chi connectivity index (χ4n) is 2.00. The Bertz CT molecular complexity index is 878. The second-order valence-corrected chi connectivity index (χ2v) is 9.53. The van der Waals surface area contributed by atoms with Gasteiger partial charge in [0, 0.05) is 0 Å². The van der Waals surface area contributed by atoms with Gasteiger partial charge in [-0.1, -0.05) is 41.6 Å². The van der Waals surface area contributed by atoms with Crippen molar-refractivity contribution < 1.29 is 13.2 Å². The number of hydrogen-bond acceptors (Lipinski definition) is 5. The number of amides is 1. The van der Waals surface area contributed by atoms with Crippen LogP contribution in [0.25, 0.3) is 0 Å². The summed E-state index contributed by atoms with van der Waals surface area (Å²) in [6.07, 6.45) is 0. The molecular formula is C14H11ClN2O3S3. The van der Waals surface area contributed by atoms with Gasteiger partial charge in [-0.05, 0) is 31.2 Å². The molecule has 1 saturated heterocycles. The molecular weight excluding hydrogens is 376 g/mol. The predicted octanol–water partition coefficient (Wildman–Crippen LogP) is 3.61. The summed E-state index contributed by atoms with van der Waals surface area (Å²) in [7, 11) is -3.90. The molecule has 0 bridgehead atoms. The highest BCUT2D eigenvalue weighted by atomic mass is 35.5. The third-order valence-corrected chi connectivity index (χ3v) is 7.18. The number of amidine groups is 1. The van der Waals surface area contributed by atoms with Gasteiger partial charge in [-0.3, -0.25) is 9.69 Å². The number of thiophene rings is 1. The Hall–Kier alpha value is -1.35. The van der Waals surface area contributed by atoms with Gasteiger partial charge in [0.2, 0.25) is 5.91 Å². The van der Waals surface area contributed by atoms with E-state index in [1.54, 1.807) is 31.2 Å². The van der Waals surface area contributed by atoms with Crippen molar-refractivity contribution >= 4 is 61.5 Å². The maximum absolute atomic E-state index is 12.4. The van der Waals surface area contributed by atoms with E-state index in [9.17, 15) is 13.2 Å². The molecule has 1 fully saturated rings. The number of benzene rings is 1. The van der Waals surface area contributed by atoms with Crippen LogP contribution in [0.5, 0.6) is 0 Å². The second-order valence-electron chi connectivity index (χ2n) is 4.68. The zero-order chi connectivity index (χ0) is 16.6. The number of hydrogen-bond donors (Lipinski definition) is 0. The van der Waals surface area contributed by atoms with E-state index in [0.717, 1.165) is 23.1 Å². The summed E-state index contributed by atoms with van der Waals surface area (Å²) in [5, 5.41) is -0.241. The molecule has 3 rings (SSSR count). The van der Waals surface area contributed by atoms with Gasteiger partial charge >= 0.3 is 0 Å². The molecule has 1 amide bonds. The van der Waals surface area contributed by atoms with Crippen molar-refractivity contribution in [1.82, 2.24) is 0 Å². The SMILES string of the molecule is CC1S/C(=N/S(=O)(=O)c2ccc(Cl)s2)N(c2ccccc2)C1=O. The molecule has 2 aromatic rings. The van der Waals surface area contributed by atoms with E-state index in [2.05, 4.69) is 4.40 Å². The van der Waals surface area contributed by atoms with Crippen molar-refractivity contribution in [2.45, 2.75) is 16.4 Å². The summed E-state index contributed by atoms with van der Waals surface area (Å²) in [6.45, 7) is 1.72. The molecule has 23 heavy (non-hydrogen) atoms. The van der Waals surface area contributed by atoms with Gasteiger partial charge in [0.1, 0.15) is 4.21 Å². The number of sulfonamides is 1. The first-order chi connectivity index (χ1) is 10.9. The highest BCUT2D eigenvalue weighted by Gasteiger charge is 2.37. The third kappa shape index (κ3) is 3.30. The van der Waals surface area contributed by atoms with Gasteiger partial charge < -0.3 is 0 Å². The molecule has 1 atom stereocenters. The van der Waals surface area contributed by atoms with Crippen LogP contribution < -0.4 is 4.90 Å². The van der Waals surface area contributed by atoms with E-state index < -0.39 is 15.3 Å². The van der Waals surface area contributed by atoms with Crippen molar-refractivity contribution in [1.29, 1.82) is 0 Å². The largest absolute Gasteiger partial charge is 0.294 e. The zero-order valence-electron chi connectivity index (χ0n) is 11.8. The number of anilines is 1. The van der Waals surface area contributed by atoms with E-state index in [4.69, 9.17) is 11.6 Å². The van der Waals surface area contributed by atoms with Crippen molar-refractivity contribution in [2.24, 2.45) is 4.40 Å². The predicted molar refractivity (Wildman–Crippen MR) is 94.9 cm³/mol. The van der Waals surface area contributed by atoms with Crippen molar-refractivity contribution in [3.05, 3.63) is 46.8 Å². The fraction of sp³-hybridized carbons (Fsp3) is 0.143. The van der Waals surface area contributed by atoms with Gasteiger partial charge in [-0.25, -0.2) is 0 Å². The smallest absolute Gasteiger partial charge is 0.273 e. The van der Waals surface area contributed by atoms with Crippen LogP contribution in [0.15, 0.2) is 51.1 Å². The summed E-state index contributed by atoms with van der Waals surface area (Å²) < 4.78 is 29.1. The van der Waals surface area contributed by atoms with Crippen molar-refractivity contribution in [2.75, 3.05) is 4.90 Å².